The number of carbonyl (C=O) groups excluding carboxylic acids is 2. The number of carbonyl (C=O) groups is 2. The third-order valence-electron chi connectivity index (χ3n) is 9.66. The molecule has 2 bridgehead atoms. The highest BCUT2D eigenvalue weighted by atomic mass is 19.4. The van der Waals surface area contributed by atoms with Gasteiger partial charge in [0.15, 0.2) is 0 Å². The number of fused-ring (bicyclic) bond motifs is 2. The summed E-state index contributed by atoms with van der Waals surface area (Å²) in [7, 11) is 1.37. The van der Waals surface area contributed by atoms with Crippen LogP contribution in [0.4, 0.5) is 17.6 Å². The predicted octanol–water partition coefficient (Wildman–Crippen LogP) is 4.94. The summed E-state index contributed by atoms with van der Waals surface area (Å²) in [5, 5.41) is 17.2. The molecule has 3 fully saturated rings. The molecule has 2 atom stereocenters. The molecule has 4 aliphatic rings. The lowest BCUT2D eigenvalue weighted by Gasteiger charge is -2.62. The van der Waals surface area contributed by atoms with E-state index in [0.717, 1.165) is 37.5 Å². The van der Waals surface area contributed by atoms with E-state index in [-0.39, 0.29) is 46.0 Å². The maximum atomic E-state index is 14.9. The number of ether oxygens (including phenoxy) is 2. The summed E-state index contributed by atoms with van der Waals surface area (Å²) in [4.78, 5) is 35.4. The van der Waals surface area contributed by atoms with Crippen molar-refractivity contribution in [1.82, 2.24) is 20.6 Å². The zero-order valence-corrected chi connectivity index (χ0v) is 25.4. The Morgan fingerprint density at radius 1 is 1.11 bits per heavy atom. The van der Waals surface area contributed by atoms with Gasteiger partial charge in [0.1, 0.15) is 40.5 Å². The number of methoxy groups -OCH3 is 1. The Morgan fingerprint density at radius 2 is 1.83 bits per heavy atom. The number of hydrogen-bond acceptors (Lipinski definition) is 7. The van der Waals surface area contributed by atoms with E-state index < -0.39 is 47.1 Å². The fourth-order valence-electron chi connectivity index (χ4n) is 6.69. The average Bonchev–Trinajstić information content (AvgIpc) is 3.37. The Bertz CT molecular complexity index is 1920. The second kappa shape index (κ2) is 10.6. The van der Waals surface area contributed by atoms with E-state index in [0.29, 0.717) is 16.8 Å². The molecule has 3 saturated carbocycles. The predicted molar refractivity (Wildman–Crippen MR) is 161 cm³/mol. The highest BCUT2D eigenvalue weighted by molar-refractivity contribution is 6.00. The molecule has 3 aliphatic carbocycles. The van der Waals surface area contributed by atoms with Crippen molar-refractivity contribution in [2.75, 3.05) is 20.3 Å². The van der Waals surface area contributed by atoms with Crippen molar-refractivity contribution in [3.05, 3.63) is 83.4 Å². The number of aliphatic hydroxyl groups is 1. The van der Waals surface area contributed by atoms with E-state index in [1.807, 2.05) is 0 Å². The number of nitrogens with zero attached hydrogens (tertiary/aromatic N) is 2. The number of benzene rings is 2. The molecule has 0 saturated heterocycles. The second-order valence-electron chi connectivity index (χ2n) is 12.9. The first-order valence-electron chi connectivity index (χ1n) is 15.0. The summed E-state index contributed by atoms with van der Waals surface area (Å²) in [5.74, 6) is -1.05. The molecule has 47 heavy (non-hydrogen) atoms. The molecule has 1 unspecified atom stereocenters. The van der Waals surface area contributed by atoms with Crippen LogP contribution < -0.4 is 20.1 Å². The van der Waals surface area contributed by atoms with Crippen molar-refractivity contribution >= 4 is 22.7 Å². The molecular formula is C34H30F4N4O5. The van der Waals surface area contributed by atoms with Crippen LogP contribution in [0, 0.1) is 11.7 Å². The molecule has 9 nitrogen and oxygen atoms in total. The molecule has 13 heteroatoms. The van der Waals surface area contributed by atoms with E-state index in [9.17, 15) is 32.3 Å². The molecule has 3 N–H and O–H groups in total. The van der Waals surface area contributed by atoms with Crippen LogP contribution in [0.5, 0.6) is 11.5 Å². The SMILES string of the molecule is COc1cc(C(=O)NCC(O)(c2cc3c(c(-c4ccc(F)cc4)n2)OC[C@]3(C)C(=O)NC23CC(C2)C3)C(F)(F)F)cc2cccnc12. The van der Waals surface area contributed by atoms with E-state index >= 15 is 0 Å². The van der Waals surface area contributed by atoms with E-state index in [1.165, 1.54) is 37.6 Å². The number of pyridine rings is 2. The number of rotatable bonds is 8. The lowest BCUT2D eigenvalue weighted by Crippen LogP contribution is -2.70. The maximum Gasteiger partial charge on any atom is 0.424 e. The molecular weight excluding hydrogens is 620 g/mol. The molecule has 4 aromatic rings. The zero-order chi connectivity index (χ0) is 33.4. The van der Waals surface area contributed by atoms with Gasteiger partial charge in [0.05, 0.1) is 19.3 Å². The number of hydrogen-bond donors (Lipinski definition) is 3. The molecule has 8 rings (SSSR count). The van der Waals surface area contributed by atoms with Gasteiger partial charge in [0.25, 0.3) is 5.91 Å². The molecule has 3 heterocycles. The number of aromatic nitrogens is 2. The van der Waals surface area contributed by atoms with Crippen molar-refractivity contribution in [3.8, 4) is 22.8 Å². The average molecular weight is 651 g/mol. The zero-order valence-electron chi connectivity index (χ0n) is 25.4. The molecule has 1 aliphatic heterocycles. The lowest BCUT2D eigenvalue weighted by molar-refractivity contribution is -0.265. The van der Waals surface area contributed by atoms with Gasteiger partial charge in [-0.25, -0.2) is 9.37 Å². The minimum absolute atomic E-state index is 0.0213. The number of halogens is 4. The van der Waals surface area contributed by atoms with Crippen LogP contribution in [0.25, 0.3) is 22.2 Å². The molecule has 0 radical (unpaired) electrons. The van der Waals surface area contributed by atoms with Crippen molar-refractivity contribution in [2.24, 2.45) is 5.92 Å². The van der Waals surface area contributed by atoms with Crippen molar-refractivity contribution in [1.29, 1.82) is 0 Å². The number of nitrogens with one attached hydrogen (secondary N) is 2. The maximum absolute atomic E-state index is 14.9. The fraction of sp³-hybridized carbons (Fsp3) is 0.353. The van der Waals surface area contributed by atoms with Crippen molar-refractivity contribution in [2.45, 2.75) is 48.9 Å². The van der Waals surface area contributed by atoms with Gasteiger partial charge in [-0.1, -0.05) is 6.07 Å². The Labute approximate surface area is 266 Å². The summed E-state index contributed by atoms with van der Waals surface area (Å²) >= 11 is 0. The van der Waals surface area contributed by atoms with Crippen LogP contribution in [-0.2, 0) is 15.8 Å². The first-order chi connectivity index (χ1) is 22.2. The van der Waals surface area contributed by atoms with Crippen LogP contribution in [0.3, 0.4) is 0 Å². The molecule has 2 aromatic carbocycles. The molecule has 2 aromatic heterocycles. The second-order valence-corrected chi connectivity index (χ2v) is 12.9. The molecule has 244 valence electrons. The topological polar surface area (TPSA) is 123 Å². The van der Waals surface area contributed by atoms with Gasteiger partial charge < -0.3 is 25.2 Å². The Hall–Kier alpha value is -4.78. The largest absolute Gasteiger partial charge is 0.494 e. The van der Waals surface area contributed by atoms with E-state index in [1.54, 1.807) is 19.1 Å². The standard InChI is InChI=1S/C34H30F4N4O5/c1-31(30(44)42-32-13-18(14-32)15-32)17-47-28-23(31)12-25(41-27(28)19-5-7-22(35)8-6-19)33(45,34(36,37)38)16-40-29(43)21-10-20-4-3-9-39-26(20)24(11-21)46-2/h3-12,18,45H,13-17H2,1-2H3,(H,40,43)(H,42,44)/t18?,31-,32?,33?/m0/s1. The van der Waals surface area contributed by atoms with Crippen LogP contribution in [0.1, 0.15) is 47.8 Å². The van der Waals surface area contributed by atoms with Crippen LogP contribution >= 0.6 is 0 Å². The fourth-order valence-corrected chi connectivity index (χ4v) is 6.69. The Balaban J connectivity index is 1.28. The van der Waals surface area contributed by atoms with Crippen molar-refractivity contribution in [3.63, 3.8) is 0 Å². The van der Waals surface area contributed by atoms with Gasteiger partial charge in [-0.2, -0.15) is 13.2 Å². The van der Waals surface area contributed by atoms with Gasteiger partial charge in [-0.15, -0.1) is 0 Å². The van der Waals surface area contributed by atoms with Gasteiger partial charge in [0.2, 0.25) is 11.5 Å². The first kappa shape index (κ1) is 30.9. The Kier molecular flexibility index (Phi) is 6.97. The third-order valence-corrected chi connectivity index (χ3v) is 9.66. The van der Waals surface area contributed by atoms with Gasteiger partial charge in [-0.05, 0) is 80.6 Å². The van der Waals surface area contributed by atoms with Crippen LogP contribution in [-0.4, -0.2) is 58.9 Å². The highest BCUT2D eigenvalue weighted by Crippen LogP contribution is 2.57. The van der Waals surface area contributed by atoms with E-state index in [2.05, 4.69) is 20.6 Å². The van der Waals surface area contributed by atoms with Crippen LogP contribution in [0.15, 0.2) is 60.8 Å². The highest BCUT2D eigenvalue weighted by Gasteiger charge is 2.60. The van der Waals surface area contributed by atoms with E-state index in [4.69, 9.17) is 9.47 Å². The summed E-state index contributed by atoms with van der Waals surface area (Å²) in [6, 6.07) is 12.0. The van der Waals surface area contributed by atoms with Gasteiger partial charge >= 0.3 is 6.18 Å². The monoisotopic (exact) mass is 650 g/mol. The quantitative estimate of drug-likeness (QED) is 0.231. The number of alkyl halides is 3. The normalized spacial score (nSPS) is 23.9. The summed E-state index contributed by atoms with van der Waals surface area (Å²) in [6.45, 7) is 0.0622. The third kappa shape index (κ3) is 4.95. The minimum atomic E-state index is -5.34. The first-order valence-corrected chi connectivity index (χ1v) is 15.0. The lowest BCUT2D eigenvalue weighted by atomic mass is 9.49. The van der Waals surface area contributed by atoms with Crippen molar-refractivity contribution < 1.29 is 41.7 Å². The van der Waals surface area contributed by atoms with Gasteiger partial charge in [-0.3, -0.25) is 14.6 Å². The summed E-state index contributed by atoms with van der Waals surface area (Å²) in [6.07, 6.45) is -1.27. The minimum Gasteiger partial charge on any atom is -0.494 e. The Morgan fingerprint density at radius 3 is 2.47 bits per heavy atom. The van der Waals surface area contributed by atoms with Crippen LogP contribution in [0.2, 0.25) is 0 Å². The number of amides is 2. The smallest absolute Gasteiger partial charge is 0.424 e. The molecule has 2 amide bonds. The molecule has 0 spiro atoms. The van der Waals surface area contributed by atoms with Gasteiger partial charge in [0, 0.05) is 33.8 Å². The summed E-state index contributed by atoms with van der Waals surface area (Å²) in [5.41, 5.74) is -5.69. The summed E-state index contributed by atoms with van der Waals surface area (Å²) < 4.78 is 69.8.